The van der Waals surface area contributed by atoms with Crippen LogP contribution in [0.5, 0.6) is 0 Å². The maximum Gasteiger partial charge on any atom is 0.0792 e. The van der Waals surface area contributed by atoms with E-state index in [0.717, 1.165) is 18.5 Å². The van der Waals surface area contributed by atoms with Crippen molar-refractivity contribution < 1.29 is 0 Å². The molecular formula is C29H29N. The van der Waals surface area contributed by atoms with Gasteiger partial charge in [0.05, 0.1) is 5.69 Å². The Labute approximate surface area is 179 Å². The number of rotatable bonds is 4. The molecule has 0 saturated heterocycles. The summed E-state index contributed by atoms with van der Waals surface area (Å²) >= 11 is 0. The lowest BCUT2D eigenvalue weighted by molar-refractivity contribution is 0.647. The third kappa shape index (κ3) is 3.23. The zero-order chi connectivity index (χ0) is 20.8. The molecule has 0 aliphatic heterocycles. The van der Waals surface area contributed by atoms with Crippen LogP contribution in [0, 0.1) is 11.8 Å². The molecule has 3 aromatic carbocycles. The second-order valence-corrected chi connectivity index (χ2v) is 9.52. The third-order valence-corrected chi connectivity index (χ3v) is 6.06. The molecule has 0 radical (unpaired) electrons. The fourth-order valence-corrected chi connectivity index (χ4v) is 4.96. The minimum atomic E-state index is 0.632. The van der Waals surface area contributed by atoms with E-state index in [4.69, 9.17) is 4.98 Å². The normalized spacial score (nSPS) is 12.2. The Morgan fingerprint density at radius 1 is 0.633 bits per heavy atom. The Morgan fingerprint density at radius 3 is 2.03 bits per heavy atom. The topological polar surface area (TPSA) is 12.9 Å². The fraction of sp³-hybridized carbons (Fsp3) is 0.276. The smallest absolute Gasteiger partial charge is 0.0792 e. The average molecular weight is 392 g/mol. The Morgan fingerprint density at radius 2 is 1.30 bits per heavy atom. The second kappa shape index (κ2) is 7.40. The lowest BCUT2D eigenvalue weighted by Crippen LogP contribution is -1.96. The minimum Gasteiger partial charge on any atom is -0.256 e. The fourth-order valence-electron chi connectivity index (χ4n) is 4.96. The summed E-state index contributed by atoms with van der Waals surface area (Å²) in [4.78, 5) is 4.90. The van der Waals surface area contributed by atoms with Gasteiger partial charge < -0.3 is 0 Å². The molecule has 1 aliphatic carbocycles. The van der Waals surface area contributed by atoms with E-state index in [9.17, 15) is 0 Å². The summed E-state index contributed by atoms with van der Waals surface area (Å²) in [5, 5.41) is 2.58. The minimum absolute atomic E-state index is 0.632. The molecule has 1 nitrogen and oxygen atoms in total. The van der Waals surface area contributed by atoms with Gasteiger partial charge in [-0.1, -0.05) is 82.3 Å². The van der Waals surface area contributed by atoms with E-state index < -0.39 is 0 Å². The number of hydrogen-bond acceptors (Lipinski definition) is 1. The van der Waals surface area contributed by atoms with Crippen LogP contribution in [-0.4, -0.2) is 4.98 Å². The molecule has 0 atom stereocenters. The monoisotopic (exact) mass is 391 g/mol. The molecular weight excluding hydrogens is 362 g/mol. The molecule has 0 unspecified atom stereocenters. The van der Waals surface area contributed by atoms with Crippen LogP contribution in [0.1, 0.15) is 38.8 Å². The number of pyridine rings is 1. The van der Waals surface area contributed by atoms with Gasteiger partial charge in [0.2, 0.25) is 0 Å². The van der Waals surface area contributed by atoms with Gasteiger partial charge in [0, 0.05) is 17.1 Å². The molecule has 0 N–H and O–H groups in total. The summed E-state index contributed by atoms with van der Waals surface area (Å²) in [5.74, 6) is 1.27. The highest BCUT2D eigenvalue weighted by atomic mass is 14.7. The molecule has 1 heteroatoms. The van der Waals surface area contributed by atoms with Crippen molar-refractivity contribution in [3.63, 3.8) is 0 Å². The summed E-state index contributed by atoms with van der Waals surface area (Å²) in [6.07, 6.45) is 4.16. The van der Waals surface area contributed by atoms with Crippen molar-refractivity contribution in [2.45, 2.75) is 40.5 Å². The Kier molecular flexibility index (Phi) is 4.70. The van der Waals surface area contributed by atoms with Crippen LogP contribution >= 0.6 is 0 Å². The lowest BCUT2D eigenvalue weighted by atomic mass is 9.90. The molecule has 0 bridgehead atoms. The van der Waals surface area contributed by atoms with Gasteiger partial charge in [-0.15, -0.1) is 0 Å². The Bertz CT molecular complexity index is 1250. The van der Waals surface area contributed by atoms with Crippen LogP contribution in [0.4, 0.5) is 0 Å². The highest BCUT2D eigenvalue weighted by Crippen LogP contribution is 2.47. The van der Waals surface area contributed by atoms with Gasteiger partial charge in [0.1, 0.15) is 0 Å². The van der Waals surface area contributed by atoms with Crippen LogP contribution in [0.25, 0.3) is 44.3 Å². The summed E-state index contributed by atoms with van der Waals surface area (Å²) in [6.45, 7) is 9.15. The van der Waals surface area contributed by atoms with Crippen molar-refractivity contribution in [2.75, 3.05) is 0 Å². The molecule has 30 heavy (non-hydrogen) atoms. The zero-order valence-corrected chi connectivity index (χ0v) is 18.4. The molecule has 1 heterocycles. The van der Waals surface area contributed by atoms with Crippen molar-refractivity contribution >= 4 is 10.8 Å². The highest BCUT2D eigenvalue weighted by molar-refractivity contribution is 6.12. The second-order valence-electron chi connectivity index (χ2n) is 9.52. The molecule has 0 spiro atoms. The largest absolute Gasteiger partial charge is 0.256 e. The van der Waals surface area contributed by atoms with Gasteiger partial charge in [-0.3, -0.25) is 4.98 Å². The Hall–Kier alpha value is -2.93. The molecule has 0 amide bonds. The van der Waals surface area contributed by atoms with Crippen LogP contribution in [0.15, 0.2) is 66.9 Å². The van der Waals surface area contributed by atoms with Gasteiger partial charge in [-0.25, -0.2) is 0 Å². The first-order valence-corrected chi connectivity index (χ1v) is 11.2. The summed E-state index contributed by atoms with van der Waals surface area (Å²) < 4.78 is 0. The maximum absolute atomic E-state index is 4.90. The first-order valence-electron chi connectivity index (χ1n) is 11.2. The van der Waals surface area contributed by atoms with Crippen molar-refractivity contribution in [2.24, 2.45) is 11.8 Å². The van der Waals surface area contributed by atoms with E-state index in [1.54, 1.807) is 0 Å². The number of benzene rings is 3. The van der Waals surface area contributed by atoms with Crippen molar-refractivity contribution in [1.29, 1.82) is 0 Å². The van der Waals surface area contributed by atoms with Crippen LogP contribution in [0.3, 0.4) is 0 Å². The van der Waals surface area contributed by atoms with Gasteiger partial charge >= 0.3 is 0 Å². The SMILES string of the molecule is CC(C)Cc1ccc2c(c1)-c1ccccc1-c1cc(CC(C)C)cc3ccnc-2c13. The molecule has 4 aromatic rings. The molecule has 150 valence electrons. The van der Waals surface area contributed by atoms with E-state index in [1.165, 1.54) is 49.7 Å². The van der Waals surface area contributed by atoms with Gasteiger partial charge in [-0.2, -0.15) is 0 Å². The van der Waals surface area contributed by atoms with Gasteiger partial charge in [0.25, 0.3) is 0 Å². The van der Waals surface area contributed by atoms with Crippen molar-refractivity contribution in [3.05, 3.63) is 78.0 Å². The first-order chi connectivity index (χ1) is 14.5. The van der Waals surface area contributed by atoms with E-state index in [-0.39, 0.29) is 0 Å². The number of nitrogens with zero attached hydrogens (tertiary/aromatic N) is 1. The number of hydrogen-bond donors (Lipinski definition) is 0. The quantitative estimate of drug-likeness (QED) is 0.303. The number of aromatic nitrogens is 1. The van der Waals surface area contributed by atoms with Gasteiger partial charge in [-0.05, 0) is 69.5 Å². The third-order valence-electron chi connectivity index (χ3n) is 6.06. The standard InChI is InChI=1S/C29H29N/c1-18(2)13-20-9-10-25-26(16-20)23-7-5-6-8-24(23)27-17-21(14-19(3)4)15-22-11-12-30-29(25)28(22)27/h5-12,15-19H,13-14H2,1-4H3. The molecule has 5 rings (SSSR count). The van der Waals surface area contributed by atoms with Crippen molar-refractivity contribution in [3.8, 4) is 33.5 Å². The van der Waals surface area contributed by atoms with E-state index in [0.29, 0.717) is 11.8 Å². The highest BCUT2D eigenvalue weighted by Gasteiger charge is 2.23. The first kappa shape index (κ1) is 19.1. The summed E-state index contributed by atoms with van der Waals surface area (Å²) in [7, 11) is 0. The maximum atomic E-state index is 4.90. The summed E-state index contributed by atoms with van der Waals surface area (Å²) in [6, 6.07) is 22.8. The molecule has 0 fully saturated rings. The van der Waals surface area contributed by atoms with Crippen molar-refractivity contribution in [1.82, 2.24) is 4.98 Å². The predicted molar refractivity (Wildman–Crippen MR) is 129 cm³/mol. The van der Waals surface area contributed by atoms with E-state index in [1.807, 2.05) is 6.20 Å². The van der Waals surface area contributed by atoms with Crippen LogP contribution in [0.2, 0.25) is 0 Å². The average Bonchev–Trinajstić information content (AvgIpc) is 2.82. The van der Waals surface area contributed by atoms with Crippen LogP contribution in [-0.2, 0) is 12.8 Å². The zero-order valence-electron chi connectivity index (χ0n) is 18.4. The Balaban J connectivity index is 1.86. The lowest BCUT2D eigenvalue weighted by Gasteiger charge is -2.14. The van der Waals surface area contributed by atoms with Gasteiger partial charge in [0.15, 0.2) is 0 Å². The van der Waals surface area contributed by atoms with E-state index in [2.05, 4.69) is 88.4 Å². The molecule has 1 aliphatic rings. The molecule has 0 saturated carbocycles. The van der Waals surface area contributed by atoms with E-state index >= 15 is 0 Å². The van der Waals surface area contributed by atoms with Crippen LogP contribution < -0.4 is 0 Å². The molecule has 1 aromatic heterocycles. The predicted octanol–water partition coefficient (Wildman–Crippen LogP) is 7.95. The number of fused-ring (bicyclic) bond motifs is 5. The summed E-state index contributed by atoms with van der Waals surface area (Å²) in [5.41, 5.74) is 10.4.